The standard InChI is InChI=1S/C27H24Cl2N2O4/c1-30-24(15-18-7-4-3-5-8-18)26(32)31-25(27(33)34-2)16-19-11-13-20(14-12-19)35-17-21-22(28)9-6-10-23(21)29/h3-14,24-25H,15-17H2,2H3,(H,31,32)/t24-,25+/m1/s1. The van der Waals surface area contributed by atoms with E-state index < -0.39 is 24.0 Å². The van der Waals surface area contributed by atoms with Crippen molar-refractivity contribution in [3.8, 4) is 5.75 Å². The second kappa shape index (κ2) is 12.8. The summed E-state index contributed by atoms with van der Waals surface area (Å²) in [4.78, 5) is 28.5. The highest BCUT2D eigenvalue weighted by Gasteiger charge is 2.30. The number of carbonyl (C=O) groups excluding carboxylic acids is 2. The minimum atomic E-state index is -0.947. The van der Waals surface area contributed by atoms with Crippen molar-refractivity contribution in [3.05, 3.63) is 111 Å². The molecule has 0 saturated heterocycles. The number of esters is 1. The van der Waals surface area contributed by atoms with Crippen LogP contribution in [0.1, 0.15) is 16.7 Å². The first kappa shape index (κ1) is 26.1. The Kier molecular flexibility index (Phi) is 9.54. The topological polar surface area (TPSA) is 69.0 Å². The molecule has 0 radical (unpaired) electrons. The Balaban J connectivity index is 1.63. The van der Waals surface area contributed by atoms with E-state index in [4.69, 9.17) is 39.2 Å². The Morgan fingerprint density at radius 3 is 2.14 bits per heavy atom. The van der Waals surface area contributed by atoms with E-state index in [1.165, 1.54) is 7.11 Å². The summed E-state index contributed by atoms with van der Waals surface area (Å²) in [7, 11) is 1.26. The fraction of sp³-hybridized carbons (Fsp3) is 0.222. The summed E-state index contributed by atoms with van der Waals surface area (Å²) in [6.45, 7) is 7.63. The first-order chi connectivity index (χ1) is 16.9. The minimum absolute atomic E-state index is 0.199. The predicted octanol–water partition coefficient (Wildman–Crippen LogP) is 5.30. The van der Waals surface area contributed by atoms with Crippen molar-refractivity contribution >= 4 is 35.1 Å². The monoisotopic (exact) mass is 510 g/mol. The number of amides is 1. The third-order valence-corrected chi connectivity index (χ3v) is 6.05. The van der Waals surface area contributed by atoms with Gasteiger partial charge in [0.1, 0.15) is 18.4 Å². The van der Waals surface area contributed by atoms with E-state index >= 15 is 0 Å². The number of rotatable bonds is 10. The summed E-state index contributed by atoms with van der Waals surface area (Å²) in [5.41, 5.74) is 2.34. The van der Waals surface area contributed by atoms with Crippen molar-refractivity contribution in [2.45, 2.75) is 31.5 Å². The second-order valence-corrected chi connectivity index (χ2v) is 8.57. The summed E-state index contributed by atoms with van der Waals surface area (Å²) in [5.74, 6) is -0.509. The van der Waals surface area contributed by atoms with Gasteiger partial charge in [-0.3, -0.25) is 4.79 Å². The zero-order valence-corrected chi connectivity index (χ0v) is 20.6. The number of carbonyl (C=O) groups is 2. The smallest absolute Gasteiger partial charge is 0.328 e. The first-order valence-electron chi connectivity index (χ1n) is 10.8. The second-order valence-electron chi connectivity index (χ2n) is 7.76. The van der Waals surface area contributed by atoms with E-state index in [1.54, 1.807) is 42.5 Å². The number of halogens is 2. The number of hydrogen-bond donors (Lipinski definition) is 1. The molecule has 0 fully saturated rings. The van der Waals surface area contributed by atoms with Gasteiger partial charge in [-0.1, -0.05) is 71.7 Å². The maximum atomic E-state index is 12.8. The van der Waals surface area contributed by atoms with E-state index in [9.17, 15) is 9.59 Å². The summed E-state index contributed by atoms with van der Waals surface area (Å²) in [6.07, 6.45) is 0.455. The van der Waals surface area contributed by atoms with Gasteiger partial charge >= 0.3 is 17.9 Å². The zero-order valence-electron chi connectivity index (χ0n) is 19.0. The lowest BCUT2D eigenvalue weighted by atomic mass is 10.0. The maximum absolute atomic E-state index is 12.8. The largest absolute Gasteiger partial charge is 0.489 e. The van der Waals surface area contributed by atoms with Crippen LogP contribution in [0.25, 0.3) is 4.85 Å². The molecule has 6 nitrogen and oxygen atoms in total. The molecule has 8 heteroatoms. The van der Waals surface area contributed by atoms with Crippen LogP contribution in [-0.2, 0) is 33.8 Å². The van der Waals surface area contributed by atoms with E-state index in [-0.39, 0.29) is 19.4 Å². The Labute approximate surface area is 214 Å². The lowest BCUT2D eigenvalue weighted by molar-refractivity contribution is -0.145. The molecule has 0 aliphatic heterocycles. The van der Waals surface area contributed by atoms with Gasteiger partial charge in [0.2, 0.25) is 0 Å². The van der Waals surface area contributed by atoms with Crippen LogP contribution in [0.3, 0.4) is 0 Å². The molecule has 0 bridgehead atoms. The molecule has 35 heavy (non-hydrogen) atoms. The van der Waals surface area contributed by atoms with Crippen molar-refractivity contribution in [1.29, 1.82) is 0 Å². The highest BCUT2D eigenvalue weighted by molar-refractivity contribution is 6.35. The van der Waals surface area contributed by atoms with E-state index in [2.05, 4.69) is 10.2 Å². The van der Waals surface area contributed by atoms with Gasteiger partial charge in [-0.25, -0.2) is 11.4 Å². The van der Waals surface area contributed by atoms with Crippen LogP contribution < -0.4 is 10.1 Å². The van der Waals surface area contributed by atoms with E-state index in [1.807, 2.05) is 30.3 Å². The fourth-order valence-corrected chi connectivity index (χ4v) is 3.93. The lowest BCUT2D eigenvalue weighted by Gasteiger charge is -2.17. The Morgan fingerprint density at radius 2 is 1.54 bits per heavy atom. The van der Waals surface area contributed by atoms with Gasteiger partial charge in [0, 0.05) is 22.0 Å². The van der Waals surface area contributed by atoms with Gasteiger partial charge in [0.05, 0.1) is 13.5 Å². The van der Waals surface area contributed by atoms with Gasteiger partial charge in [0.15, 0.2) is 0 Å². The average molecular weight is 511 g/mol. The molecule has 1 amide bonds. The van der Waals surface area contributed by atoms with Crippen molar-refractivity contribution in [2.75, 3.05) is 7.11 Å². The van der Waals surface area contributed by atoms with E-state index in [0.29, 0.717) is 21.4 Å². The molecule has 3 aromatic rings. The van der Waals surface area contributed by atoms with Crippen LogP contribution in [0.15, 0.2) is 72.8 Å². The Morgan fingerprint density at radius 1 is 0.914 bits per heavy atom. The molecule has 3 aromatic carbocycles. The molecule has 0 unspecified atom stereocenters. The van der Waals surface area contributed by atoms with Gasteiger partial charge in [-0.2, -0.15) is 0 Å². The minimum Gasteiger partial charge on any atom is -0.489 e. The first-order valence-corrected chi connectivity index (χ1v) is 11.6. The summed E-state index contributed by atoms with van der Waals surface area (Å²) in [6, 6.07) is 19.8. The summed E-state index contributed by atoms with van der Waals surface area (Å²) >= 11 is 12.4. The normalized spacial score (nSPS) is 12.2. The quantitative estimate of drug-likeness (QED) is 0.296. The van der Waals surface area contributed by atoms with Crippen LogP contribution in [0.5, 0.6) is 5.75 Å². The lowest BCUT2D eigenvalue weighted by Crippen LogP contribution is -2.46. The van der Waals surface area contributed by atoms with Crippen molar-refractivity contribution in [2.24, 2.45) is 0 Å². The highest BCUT2D eigenvalue weighted by atomic mass is 35.5. The van der Waals surface area contributed by atoms with Crippen molar-refractivity contribution in [3.63, 3.8) is 0 Å². The number of ether oxygens (including phenoxy) is 2. The molecule has 0 aliphatic carbocycles. The van der Waals surface area contributed by atoms with Gasteiger partial charge in [-0.15, -0.1) is 0 Å². The number of nitrogens with zero attached hydrogens (tertiary/aromatic N) is 1. The van der Waals surface area contributed by atoms with Crippen LogP contribution in [0.4, 0.5) is 0 Å². The molecule has 0 spiro atoms. The third-order valence-electron chi connectivity index (χ3n) is 5.34. The molecule has 3 rings (SSSR count). The highest BCUT2D eigenvalue weighted by Crippen LogP contribution is 2.26. The molecule has 2 atom stereocenters. The SMILES string of the molecule is [C-]#[N+][C@H](Cc1ccccc1)C(=O)N[C@@H](Cc1ccc(OCc2c(Cl)cccc2Cl)cc1)C(=O)OC. The number of benzene rings is 3. The molecule has 180 valence electrons. The van der Waals surface area contributed by atoms with Crippen molar-refractivity contribution < 1.29 is 19.1 Å². The van der Waals surface area contributed by atoms with Crippen LogP contribution in [0, 0.1) is 6.57 Å². The average Bonchev–Trinajstić information content (AvgIpc) is 2.87. The molecule has 0 aromatic heterocycles. The summed E-state index contributed by atoms with van der Waals surface area (Å²) in [5, 5.41) is 3.72. The Hall–Kier alpha value is -3.53. The zero-order chi connectivity index (χ0) is 25.2. The number of hydrogen-bond acceptors (Lipinski definition) is 4. The van der Waals surface area contributed by atoms with Gasteiger partial charge < -0.3 is 19.6 Å². The molecule has 0 saturated carbocycles. The molecule has 1 N–H and O–H groups in total. The predicted molar refractivity (Wildman–Crippen MR) is 135 cm³/mol. The molecular weight excluding hydrogens is 487 g/mol. The number of methoxy groups -OCH3 is 1. The van der Waals surface area contributed by atoms with Crippen LogP contribution in [-0.4, -0.2) is 31.1 Å². The molecule has 0 heterocycles. The Bertz CT molecular complexity index is 1170. The maximum Gasteiger partial charge on any atom is 0.328 e. The van der Waals surface area contributed by atoms with Crippen LogP contribution in [0.2, 0.25) is 10.0 Å². The van der Waals surface area contributed by atoms with Crippen molar-refractivity contribution in [1.82, 2.24) is 5.32 Å². The van der Waals surface area contributed by atoms with E-state index in [0.717, 1.165) is 11.1 Å². The number of nitrogens with one attached hydrogen (secondary N) is 1. The van der Waals surface area contributed by atoms with Gasteiger partial charge in [-0.05, 0) is 35.4 Å². The van der Waals surface area contributed by atoms with Crippen LogP contribution >= 0.6 is 23.2 Å². The fourth-order valence-electron chi connectivity index (χ4n) is 3.42. The summed E-state index contributed by atoms with van der Waals surface area (Å²) < 4.78 is 10.7. The molecular formula is C27H24Cl2N2O4. The van der Waals surface area contributed by atoms with Gasteiger partial charge in [0.25, 0.3) is 0 Å². The third kappa shape index (κ3) is 7.48. The molecule has 0 aliphatic rings.